The van der Waals surface area contributed by atoms with Crippen LogP contribution < -0.4 is 0 Å². The van der Waals surface area contributed by atoms with Gasteiger partial charge in [-0.25, -0.2) is 9.50 Å². The van der Waals surface area contributed by atoms with E-state index < -0.39 is 11.9 Å². The number of ether oxygens (including phenoxy) is 1. The molecule has 2 aromatic heterocycles. The highest BCUT2D eigenvalue weighted by Crippen LogP contribution is 2.30. The lowest BCUT2D eigenvalue weighted by atomic mass is 10.2. The van der Waals surface area contributed by atoms with E-state index in [1.54, 1.807) is 13.8 Å². The molecule has 0 spiro atoms. The van der Waals surface area contributed by atoms with Crippen LogP contribution >= 0.6 is 0 Å². The third-order valence-corrected chi connectivity index (χ3v) is 2.74. The minimum absolute atomic E-state index is 0.159. The molecular weight excluding hydrogens is 247 g/mol. The van der Waals surface area contributed by atoms with Crippen LogP contribution in [0.4, 0.5) is 13.2 Å². The summed E-state index contributed by atoms with van der Waals surface area (Å²) in [5.41, 5.74) is 0.503. The predicted octanol–water partition coefficient (Wildman–Crippen LogP) is 2.76. The van der Waals surface area contributed by atoms with Gasteiger partial charge in [0.05, 0.1) is 11.8 Å². The first kappa shape index (κ1) is 12.8. The molecule has 2 heterocycles. The summed E-state index contributed by atoms with van der Waals surface area (Å²) in [5.74, 6) is 0. The Morgan fingerprint density at radius 2 is 2.06 bits per heavy atom. The Bertz CT molecular complexity index is 577. The van der Waals surface area contributed by atoms with Crippen molar-refractivity contribution in [3.05, 3.63) is 29.2 Å². The molecule has 0 aromatic carbocycles. The second kappa shape index (κ2) is 4.24. The van der Waals surface area contributed by atoms with Gasteiger partial charge in [0.1, 0.15) is 0 Å². The summed E-state index contributed by atoms with van der Waals surface area (Å²) in [4.78, 5) is 3.94. The summed E-state index contributed by atoms with van der Waals surface area (Å²) in [5, 5.41) is 3.56. The van der Waals surface area contributed by atoms with Gasteiger partial charge in [0.25, 0.3) is 0 Å². The number of hydrogen-bond acceptors (Lipinski definition) is 3. The van der Waals surface area contributed by atoms with Gasteiger partial charge in [0, 0.05) is 19.4 Å². The van der Waals surface area contributed by atoms with E-state index in [0.29, 0.717) is 5.69 Å². The van der Waals surface area contributed by atoms with Crippen molar-refractivity contribution in [3.63, 3.8) is 0 Å². The van der Waals surface area contributed by atoms with Crippen LogP contribution in [0.3, 0.4) is 0 Å². The van der Waals surface area contributed by atoms with Crippen molar-refractivity contribution in [2.45, 2.75) is 26.1 Å². The molecule has 18 heavy (non-hydrogen) atoms. The molecule has 0 amide bonds. The highest BCUT2D eigenvalue weighted by molar-refractivity contribution is 5.43. The molecule has 7 heteroatoms. The van der Waals surface area contributed by atoms with E-state index in [0.717, 1.165) is 11.6 Å². The van der Waals surface area contributed by atoms with E-state index in [1.165, 1.54) is 17.8 Å². The monoisotopic (exact) mass is 259 g/mol. The highest BCUT2D eigenvalue weighted by atomic mass is 19.4. The van der Waals surface area contributed by atoms with Crippen LogP contribution in [0.1, 0.15) is 30.0 Å². The van der Waals surface area contributed by atoms with E-state index in [9.17, 15) is 13.2 Å². The third-order valence-electron chi connectivity index (χ3n) is 2.74. The molecule has 0 aliphatic heterocycles. The van der Waals surface area contributed by atoms with Crippen molar-refractivity contribution >= 4 is 5.65 Å². The van der Waals surface area contributed by atoms with E-state index in [-0.39, 0.29) is 11.8 Å². The van der Waals surface area contributed by atoms with Crippen LogP contribution in [0.5, 0.6) is 0 Å². The number of aryl methyl sites for hydroxylation is 1. The zero-order valence-corrected chi connectivity index (χ0v) is 10.1. The molecule has 0 aliphatic carbocycles. The first-order valence-electron chi connectivity index (χ1n) is 5.30. The Morgan fingerprint density at radius 1 is 1.39 bits per heavy atom. The molecule has 0 N–H and O–H groups in total. The lowest BCUT2D eigenvalue weighted by molar-refractivity contribution is -0.141. The maximum Gasteiger partial charge on any atom is 0.435 e. The Hall–Kier alpha value is -1.63. The number of fused-ring (bicyclic) bond motifs is 1. The maximum absolute atomic E-state index is 12.6. The number of nitrogens with zero attached hydrogens (tertiary/aromatic N) is 3. The summed E-state index contributed by atoms with van der Waals surface area (Å²) in [6.07, 6.45) is -3.33. The first-order valence-corrected chi connectivity index (χ1v) is 5.30. The fourth-order valence-electron chi connectivity index (χ4n) is 1.78. The normalized spacial score (nSPS) is 14.1. The number of alkyl halides is 3. The molecule has 0 bridgehead atoms. The number of methoxy groups -OCH3 is 1. The maximum atomic E-state index is 12.6. The number of aromatic nitrogens is 3. The van der Waals surface area contributed by atoms with Crippen molar-refractivity contribution in [1.82, 2.24) is 14.6 Å². The van der Waals surface area contributed by atoms with Crippen LogP contribution in [-0.4, -0.2) is 21.7 Å². The quantitative estimate of drug-likeness (QED) is 0.832. The SMILES string of the molecule is COC(C)c1c(C)cnc2cc(C(F)(F)F)nn12. The van der Waals surface area contributed by atoms with Gasteiger partial charge >= 0.3 is 6.18 Å². The molecule has 98 valence electrons. The number of hydrogen-bond donors (Lipinski definition) is 0. The minimum atomic E-state index is -4.48. The topological polar surface area (TPSA) is 39.4 Å². The first-order chi connectivity index (χ1) is 8.34. The largest absolute Gasteiger partial charge is 0.435 e. The van der Waals surface area contributed by atoms with Crippen LogP contribution in [0.15, 0.2) is 12.3 Å². The smallest absolute Gasteiger partial charge is 0.375 e. The van der Waals surface area contributed by atoms with Crippen LogP contribution in [0.2, 0.25) is 0 Å². The molecule has 1 atom stereocenters. The Labute approximate surface area is 101 Å². The zero-order valence-electron chi connectivity index (χ0n) is 10.1. The summed E-state index contributed by atoms with van der Waals surface area (Å²) in [6.45, 7) is 3.50. The lowest BCUT2D eigenvalue weighted by Crippen LogP contribution is -2.10. The molecule has 2 aromatic rings. The minimum Gasteiger partial charge on any atom is -0.375 e. The van der Waals surface area contributed by atoms with Crippen LogP contribution in [0.25, 0.3) is 5.65 Å². The average molecular weight is 259 g/mol. The van der Waals surface area contributed by atoms with Crippen molar-refractivity contribution < 1.29 is 17.9 Å². The fourth-order valence-corrected chi connectivity index (χ4v) is 1.78. The van der Waals surface area contributed by atoms with Gasteiger partial charge in [-0.05, 0) is 19.4 Å². The Kier molecular flexibility index (Phi) is 3.02. The van der Waals surface area contributed by atoms with Gasteiger partial charge in [-0.2, -0.15) is 18.3 Å². The van der Waals surface area contributed by atoms with Gasteiger partial charge in [0.2, 0.25) is 0 Å². The van der Waals surface area contributed by atoms with Gasteiger partial charge in [0.15, 0.2) is 11.3 Å². The van der Waals surface area contributed by atoms with E-state index in [2.05, 4.69) is 10.1 Å². The second-order valence-corrected chi connectivity index (χ2v) is 4.00. The fraction of sp³-hybridized carbons (Fsp3) is 0.455. The summed E-state index contributed by atoms with van der Waals surface area (Å²) >= 11 is 0. The van der Waals surface area contributed by atoms with E-state index in [1.807, 2.05) is 0 Å². The lowest BCUT2D eigenvalue weighted by Gasteiger charge is -2.13. The molecule has 0 aliphatic rings. The second-order valence-electron chi connectivity index (χ2n) is 4.00. The van der Waals surface area contributed by atoms with Crippen molar-refractivity contribution in [2.75, 3.05) is 7.11 Å². The average Bonchev–Trinajstić information content (AvgIpc) is 2.71. The van der Waals surface area contributed by atoms with Crippen molar-refractivity contribution in [2.24, 2.45) is 0 Å². The zero-order chi connectivity index (χ0) is 13.5. The summed E-state index contributed by atoms with van der Waals surface area (Å²) in [7, 11) is 1.49. The highest BCUT2D eigenvalue weighted by Gasteiger charge is 2.34. The molecule has 0 fully saturated rings. The van der Waals surface area contributed by atoms with E-state index >= 15 is 0 Å². The van der Waals surface area contributed by atoms with Crippen molar-refractivity contribution in [1.29, 1.82) is 0 Å². The van der Waals surface area contributed by atoms with Gasteiger partial charge in [-0.15, -0.1) is 0 Å². The molecule has 4 nitrogen and oxygen atoms in total. The Balaban J connectivity index is 2.69. The standard InChI is InChI=1S/C11H12F3N3O/c1-6-5-15-9-4-8(11(12,13)14)16-17(9)10(6)7(2)18-3/h4-5,7H,1-3H3. The predicted molar refractivity (Wildman–Crippen MR) is 58.2 cm³/mol. The van der Waals surface area contributed by atoms with Crippen molar-refractivity contribution in [3.8, 4) is 0 Å². The number of halogens is 3. The van der Waals surface area contributed by atoms with E-state index in [4.69, 9.17) is 4.74 Å². The summed E-state index contributed by atoms with van der Waals surface area (Å²) < 4.78 is 44.2. The van der Waals surface area contributed by atoms with Crippen LogP contribution in [-0.2, 0) is 10.9 Å². The molecule has 0 saturated carbocycles. The molecule has 0 saturated heterocycles. The molecular formula is C11H12F3N3O. The summed E-state index contributed by atoms with van der Waals surface area (Å²) in [6, 6.07) is 0.922. The third kappa shape index (κ3) is 2.05. The molecule has 0 radical (unpaired) electrons. The Morgan fingerprint density at radius 3 is 2.61 bits per heavy atom. The van der Waals surface area contributed by atoms with Gasteiger partial charge < -0.3 is 4.74 Å². The van der Waals surface area contributed by atoms with Gasteiger partial charge in [-0.3, -0.25) is 0 Å². The van der Waals surface area contributed by atoms with Gasteiger partial charge in [-0.1, -0.05) is 0 Å². The molecule has 2 rings (SSSR count). The molecule has 1 unspecified atom stereocenters. The number of rotatable bonds is 2. The van der Waals surface area contributed by atoms with Crippen LogP contribution in [0, 0.1) is 6.92 Å².